The summed E-state index contributed by atoms with van der Waals surface area (Å²) < 4.78 is 24.3. The van der Waals surface area contributed by atoms with Crippen LogP contribution in [0.25, 0.3) is 0 Å². The van der Waals surface area contributed by atoms with Crippen LogP contribution in [0, 0.1) is 5.82 Å². The van der Waals surface area contributed by atoms with Crippen molar-refractivity contribution in [2.75, 3.05) is 32.8 Å². The van der Waals surface area contributed by atoms with Crippen LogP contribution in [0.1, 0.15) is 17.7 Å². The summed E-state index contributed by atoms with van der Waals surface area (Å²) in [6, 6.07) is 6.18. The number of benzene rings is 1. The molecule has 150 valence electrons. The number of piperidine rings is 1. The summed E-state index contributed by atoms with van der Waals surface area (Å²) in [7, 11) is 0. The first-order chi connectivity index (χ1) is 13.7. The van der Waals surface area contributed by atoms with Gasteiger partial charge in [0, 0.05) is 36.8 Å². The van der Waals surface area contributed by atoms with E-state index >= 15 is 0 Å². The highest BCUT2D eigenvalue weighted by atomic mass is 32.1. The summed E-state index contributed by atoms with van der Waals surface area (Å²) in [6.45, 7) is 3.87. The molecule has 0 bridgehead atoms. The van der Waals surface area contributed by atoms with Crippen molar-refractivity contribution in [3.63, 3.8) is 0 Å². The second-order valence-corrected chi connectivity index (χ2v) is 8.19. The topological polar surface area (TPSA) is 54.9 Å². The van der Waals surface area contributed by atoms with Gasteiger partial charge in [0.05, 0.1) is 12.1 Å². The van der Waals surface area contributed by atoms with Crippen LogP contribution in [0.4, 0.5) is 4.39 Å². The smallest absolute Gasteiger partial charge is 0.248 e. The largest absolute Gasteiger partial charge is 0.491 e. The molecule has 0 radical (unpaired) electrons. The van der Waals surface area contributed by atoms with E-state index in [0.717, 1.165) is 32.5 Å². The van der Waals surface area contributed by atoms with Gasteiger partial charge in [-0.2, -0.15) is 0 Å². The standard InChI is InChI=1S/C20H24FN3O3S/c21-15-1-3-17(4-2-15)26-12-18-10-24(20(25)13-27-18)16-5-7-23(8-6-16)11-19-9-22-14-28-19/h1-4,9,14,16,18H,5-8,10-13H2/t18-/m1/s1. The lowest BCUT2D eigenvalue weighted by atomic mass is 10.0. The average molecular weight is 405 g/mol. The monoisotopic (exact) mass is 405 g/mol. The molecule has 2 aliphatic rings. The van der Waals surface area contributed by atoms with Gasteiger partial charge in [-0.3, -0.25) is 14.7 Å². The number of amides is 1. The van der Waals surface area contributed by atoms with E-state index in [0.29, 0.717) is 18.9 Å². The number of thiazole rings is 1. The molecule has 6 nitrogen and oxygen atoms in total. The lowest BCUT2D eigenvalue weighted by molar-refractivity contribution is -0.155. The fourth-order valence-electron chi connectivity index (χ4n) is 3.75. The molecule has 2 fully saturated rings. The number of morpholine rings is 1. The van der Waals surface area contributed by atoms with E-state index in [9.17, 15) is 9.18 Å². The Bertz CT molecular complexity index is 764. The van der Waals surface area contributed by atoms with Crippen LogP contribution in [0.15, 0.2) is 36.0 Å². The summed E-state index contributed by atoms with van der Waals surface area (Å²) >= 11 is 1.68. The summed E-state index contributed by atoms with van der Waals surface area (Å²) in [4.78, 5) is 22.2. The summed E-state index contributed by atoms with van der Waals surface area (Å²) in [5, 5.41) is 0. The van der Waals surface area contributed by atoms with Crippen molar-refractivity contribution in [1.82, 2.24) is 14.8 Å². The summed E-state index contributed by atoms with van der Waals surface area (Å²) in [5.74, 6) is 0.364. The molecule has 28 heavy (non-hydrogen) atoms. The van der Waals surface area contributed by atoms with Crippen LogP contribution in [-0.4, -0.2) is 65.7 Å². The fourth-order valence-corrected chi connectivity index (χ4v) is 4.39. The number of ether oxygens (including phenoxy) is 2. The number of rotatable bonds is 6. The number of hydrogen-bond acceptors (Lipinski definition) is 6. The Morgan fingerprint density at radius 2 is 2.04 bits per heavy atom. The fraction of sp³-hybridized carbons (Fsp3) is 0.500. The summed E-state index contributed by atoms with van der Waals surface area (Å²) in [6.07, 6.45) is 3.69. The third-order valence-electron chi connectivity index (χ3n) is 5.27. The van der Waals surface area contributed by atoms with Gasteiger partial charge in [0.25, 0.3) is 0 Å². The maximum atomic E-state index is 13.0. The number of halogens is 1. The van der Waals surface area contributed by atoms with Crippen molar-refractivity contribution in [3.05, 3.63) is 46.7 Å². The van der Waals surface area contributed by atoms with E-state index in [2.05, 4.69) is 9.88 Å². The molecule has 1 aromatic carbocycles. The van der Waals surface area contributed by atoms with E-state index in [-0.39, 0.29) is 30.5 Å². The van der Waals surface area contributed by atoms with E-state index in [1.165, 1.54) is 17.0 Å². The zero-order valence-electron chi connectivity index (χ0n) is 15.6. The molecule has 0 aliphatic carbocycles. The lowest BCUT2D eigenvalue weighted by Crippen LogP contribution is -2.55. The molecule has 3 heterocycles. The SMILES string of the molecule is O=C1CO[C@@H](COc2ccc(F)cc2)CN1C1CCN(Cc2cncs2)CC1. The average Bonchev–Trinajstić information content (AvgIpc) is 3.22. The quantitative estimate of drug-likeness (QED) is 0.739. The Morgan fingerprint density at radius 3 is 2.75 bits per heavy atom. The Kier molecular flexibility index (Phi) is 6.19. The van der Waals surface area contributed by atoms with Crippen LogP contribution in [-0.2, 0) is 16.1 Å². The molecule has 2 saturated heterocycles. The lowest BCUT2D eigenvalue weighted by Gasteiger charge is -2.42. The Morgan fingerprint density at radius 1 is 1.25 bits per heavy atom. The van der Waals surface area contributed by atoms with Crippen LogP contribution in [0.2, 0.25) is 0 Å². The zero-order chi connectivity index (χ0) is 19.3. The molecule has 1 atom stereocenters. The number of nitrogens with zero attached hydrogens (tertiary/aromatic N) is 3. The first kappa shape index (κ1) is 19.3. The molecule has 0 spiro atoms. The molecular weight excluding hydrogens is 381 g/mol. The molecule has 4 rings (SSSR count). The predicted molar refractivity (Wildman–Crippen MR) is 104 cm³/mol. The first-order valence-electron chi connectivity index (χ1n) is 9.56. The van der Waals surface area contributed by atoms with Gasteiger partial charge in [0.2, 0.25) is 5.91 Å². The highest BCUT2D eigenvalue weighted by molar-refractivity contribution is 7.09. The van der Waals surface area contributed by atoms with E-state index < -0.39 is 0 Å². The van der Waals surface area contributed by atoms with Crippen molar-refractivity contribution < 1.29 is 18.7 Å². The van der Waals surface area contributed by atoms with Crippen molar-refractivity contribution in [2.24, 2.45) is 0 Å². The van der Waals surface area contributed by atoms with Crippen molar-refractivity contribution in [1.29, 1.82) is 0 Å². The van der Waals surface area contributed by atoms with Crippen molar-refractivity contribution in [2.45, 2.75) is 31.5 Å². The van der Waals surface area contributed by atoms with Crippen LogP contribution in [0.3, 0.4) is 0 Å². The van der Waals surface area contributed by atoms with Gasteiger partial charge in [-0.05, 0) is 37.1 Å². The van der Waals surface area contributed by atoms with Gasteiger partial charge in [0.15, 0.2) is 0 Å². The van der Waals surface area contributed by atoms with Crippen molar-refractivity contribution >= 4 is 17.2 Å². The molecule has 0 saturated carbocycles. The van der Waals surface area contributed by atoms with Gasteiger partial charge < -0.3 is 14.4 Å². The minimum absolute atomic E-state index is 0.0546. The zero-order valence-corrected chi connectivity index (χ0v) is 16.4. The third-order valence-corrected chi connectivity index (χ3v) is 6.04. The predicted octanol–water partition coefficient (Wildman–Crippen LogP) is 2.55. The van der Waals surface area contributed by atoms with E-state index in [1.54, 1.807) is 23.5 Å². The molecule has 8 heteroatoms. The number of likely N-dealkylation sites (tertiary alicyclic amines) is 1. The number of carbonyl (C=O) groups excluding carboxylic acids is 1. The normalized spacial score (nSPS) is 21.8. The molecule has 0 N–H and O–H groups in total. The Hall–Kier alpha value is -2.03. The highest BCUT2D eigenvalue weighted by Crippen LogP contribution is 2.22. The van der Waals surface area contributed by atoms with Gasteiger partial charge in [-0.1, -0.05) is 0 Å². The van der Waals surface area contributed by atoms with Crippen molar-refractivity contribution in [3.8, 4) is 5.75 Å². The summed E-state index contributed by atoms with van der Waals surface area (Å²) in [5.41, 5.74) is 1.86. The van der Waals surface area contributed by atoms with E-state index in [1.807, 2.05) is 16.6 Å². The molecule has 2 aromatic rings. The number of aromatic nitrogens is 1. The molecule has 1 amide bonds. The molecular formula is C20H24FN3O3S. The third kappa shape index (κ3) is 4.87. The maximum Gasteiger partial charge on any atom is 0.248 e. The Labute approximate surface area is 167 Å². The second-order valence-electron chi connectivity index (χ2n) is 7.22. The van der Waals surface area contributed by atoms with E-state index in [4.69, 9.17) is 9.47 Å². The number of carbonyl (C=O) groups is 1. The van der Waals surface area contributed by atoms with Crippen LogP contribution < -0.4 is 4.74 Å². The number of hydrogen-bond donors (Lipinski definition) is 0. The Balaban J connectivity index is 1.26. The van der Waals surface area contributed by atoms with Gasteiger partial charge >= 0.3 is 0 Å². The van der Waals surface area contributed by atoms with Gasteiger partial charge in [-0.15, -0.1) is 11.3 Å². The van der Waals surface area contributed by atoms with Gasteiger partial charge in [-0.25, -0.2) is 4.39 Å². The molecule has 1 aromatic heterocycles. The maximum absolute atomic E-state index is 13.0. The van der Waals surface area contributed by atoms with Gasteiger partial charge in [0.1, 0.15) is 30.9 Å². The highest BCUT2D eigenvalue weighted by Gasteiger charge is 2.33. The molecule has 0 unspecified atom stereocenters. The minimum Gasteiger partial charge on any atom is -0.491 e. The minimum atomic E-state index is -0.292. The second kappa shape index (κ2) is 8.98. The molecule has 2 aliphatic heterocycles. The van der Waals surface area contributed by atoms with Crippen LogP contribution >= 0.6 is 11.3 Å². The first-order valence-corrected chi connectivity index (χ1v) is 10.4. The van der Waals surface area contributed by atoms with Crippen LogP contribution in [0.5, 0.6) is 5.75 Å².